The zero-order valence-electron chi connectivity index (χ0n) is 19.0. The van der Waals surface area contributed by atoms with Crippen LogP contribution in [0.15, 0.2) is 0 Å². The molecule has 0 spiro atoms. The molecule has 0 amide bonds. The molecular formula is C20H50O5Ru. The zero-order valence-corrected chi connectivity index (χ0v) is 20.8. The van der Waals surface area contributed by atoms with Crippen LogP contribution < -0.4 is 0 Å². The van der Waals surface area contributed by atoms with Gasteiger partial charge in [0.15, 0.2) is 0 Å². The quantitative estimate of drug-likeness (QED) is 0.397. The molecule has 0 rings (SSSR count). The van der Waals surface area contributed by atoms with Gasteiger partial charge < -0.3 is 25.5 Å². The second-order valence-electron chi connectivity index (χ2n) is 7.88. The first-order valence-corrected chi connectivity index (χ1v) is 9.40. The van der Waals surface area contributed by atoms with Crippen molar-refractivity contribution in [2.75, 3.05) is 33.0 Å². The molecule has 5 N–H and O–H groups in total. The van der Waals surface area contributed by atoms with Crippen LogP contribution in [0.5, 0.6) is 0 Å². The first-order valence-electron chi connectivity index (χ1n) is 9.40. The Morgan fingerprint density at radius 3 is 0.385 bits per heavy atom. The number of aliphatic hydroxyl groups excluding tert-OH is 5. The molecule has 5 nitrogen and oxygen atoms in total. The fraction of sp³-hybridized carbons (Fsp3) is 1.00. The van der Waals surface area contributed by atoms with Crippen LogP contribution in [0.4, 0.5) is 0 Å². The molecule has 0 atom stereocenters. The summed E-state index contributed by atoms with van der Waals surface area (Å²) in [5, 5.41) is 40.7. The summed E-state index contributed by atoms with van der Waals surface area (Å²) in [7, 11) is 0. The Morgan fingerprint density at radius 2 is 0.385 bits per heavy atom. The Labute approximate surface area is 177 Å². The summed E-state index contributed by atoms with van der Waals surface area (Å²) in [6.07, 6.45) is 0. The van der Waals surface area contributed by atoms with Crippen LogP contribution in [-0.2, 0) is 19.5 Å². The van der Waals surface area contributed by atoms with E-state index < -0.39 is 0 Å². The van der Waals surface area contributed by atoms with E-state index in [4.69, 9.17) is 25.5 Å². The summed E-state index contributed by atoms with van der Waals surface area (Å²) < 4.78 is 0. The smallest absolute Gasteiger partial charge is 0.0453 e. The van der Waals surface area contributed by atoms with Gasteiger partial charge in [-0.1, -0.05) is 69.2 Å². The second kappa shape index (κ2) is 36.4. The van der Waals surface area contributed by atoms with Gasteiger partial charge in [-0.25, -0.2) is 0 Å². The van der Waals surface area contributed by atoms with E-state index in [0.29, 0.717) is 62.6 Å². The van der Waals surface area contributed by atoms with Gasteiger partial charge in [-0.05, 0) is 29.6 Å². The van der Waals surface area contributed by atoms with Gasteiger partial charge in [0.05, 0.1) is 0 Å². The molecule has 0 heterocycles. The molecule has 0 bridgehead atoms. The van der Waals surface area contributed by atoms with Crippen LogP contribution in [0.25, 0.3) is 0 Å². The first-order chi connectivity index (χ1) is 11.4. The Hall–Kier alpha value is 0.423. The van der Waals surface area contributed by atoms with E-state index in [1.165, 1.54) is 0 Å². The molecule has 26 heavy (non-hydrogen) atoms. The summed E-state index contributed by atoms with van der Waals surface area (Å²) in [5.41, 5.74) is 0. The van der Waals surface area contributed by atoms with Crippen LogP contribution in [0.3, 0.4) is 0 Å². The Morgan fingerprint density at radius 1 is 0.346 bits per heavy atom. The molecule has 0 saturated heterocycles. The molecule has 0 aliphatic heterocycles. The minimum absolute atomic E-state index is 0. The average molecular weight is 472 g/mol. The number of hydrogen-bond donors (Lipinski definition) is 5. The van der Waals surface area contributed by atoms with Crippen molar-refractivity contribution in [3.05, 3.63) is 0 Å². The van der Waals surface area contributed by atoms with Crippen LogP contribution in [-0.4, -0.2) is 58.6 Å². The molecule has 6 heteroatoms. The molecule has 0 unspecified atom stereocenters. The molecule has 0 aliphatic carbocycles. The van der Waals surface area contributed by atoms with Crippen molar-refractivity contribution in [1.29, 1.82) is 0 Å². The monoisotopic (exact) mass is 472 g/mol. The Balaban J connectivity index is -0.0000000476. The Bertz CT molecular complexity index is 141. The van der Waals surface area contributed by atoms with Crippen molar-refractivity contribution in [3.8, 4) is 0 Å². The van der Waals surface area contributed by atoms with E-state index in [9.17, 15) is 0 Å². The standard InChI is InChI=1S/5C4H10O.Ru/c5*1-4(2)3-5;/h5*4-5H,3H2,1-2H3;. The van der Waals surface area contributed by atoms with E-state index in [1.54, 1.807) is 0 Å². The maximum absolute atomic E-state index is 8.14. The molecule has 168 valence electrons. The predicted octanol–water partition coefficient (Wildman–Crippen LogP) is 3.17. The third-order valence-corrected chi connectivity index (χ3v) is 1.83. The fourth-order valence-corrected chi connectivity index (χ4v) is 0. The maximum atomic E-state index is 8.14. The van der Waals surface area contributed by atoms with Gasteiger partial charge in [0, 0.05) is 52.5 Å². The van der Waals surface area contributed by atoms with Gasteiger partial charge in [0.2, 0.25) is 0 Å². The topological polar surface area (TPSA) is 101 Å². The molecule has 0 aliphatic rings. The summed E-state index contributed by atoms with van der Waals surface area (Å²) in [6, 6.07) is 0. The van der Waals surface area contributed by atoms with Crippen molar-refractivity contribution in [1.82, 2.24) is 0 Å². The predicted molar refractivity (Wildman–Crippen MR) is 110 cm³/mol. The van der Waals surface area contributed by atoms with Gasteiger partial charge >= 0.3 is 0 Å². The van der Waals surface area contributed by atoms with Gasteiger partial charge in [0.25, 0.3) is 0 Å². The second-order valence-corrected chi connectivity index (χ2v) is 7.88. The van der Waals surface area contributed by atoms with Crippen LogP contribution in [0, 0.1) is 29.6 Å². The minimum atomic E-state index is 0. The molecule has 0 fully saturated rings. The summed E-state index contributed by atoms with van der Waals surface area (Å²) in [4.78, 5) is 0. The van der Waals surface area contributed by atoms with Crippen molar-refractivity contribution in [2.45, 2.75) is 69.2 Å². The number of hydrogen-bond acceptors (Lipinski definition) is 5. The van der Waals surface area contributed by atoms with Crippen molar-refractivity contribution < 1.29 is 45.0 Å². The zero-order chi connectivity index (χ0) is 21.4. The van der Waals surface area contributed by atoms with E-state index in [1.807, 2.05) is 69.2 Å². The van der Waals surface area contributed by atoms with Crippen molar-refractivity contribution >= 4 is 0 Å². The van der Waals surface area contributed by atoms with Crippen LogP contribution in [0.1, 0.15) is 69.2 Å². The third-order valence-electron chi connectivity index (χ3n) is 1.83. The van der Waals surface area contributed by atoms with Gasteiger partial charge in [-0.15, -0.1) is 0 Å². The van der Waals surface area contributed by atoms with Gasteiger partial charge in [-0.3, -0.25) is 0 Å². The average Bonchev–Trinajstić information content (AvgIpc) is 2.56. The molecular weight excluding hydrogens is 421 g/mol. The number of aliphatic hydroxyl groups is 5. The molecule has 0 aromatic rings. The summed E-state index contributed by atoms with van der Waals surface area (Å²) in [5.74, 6) is 2.20. The van der Waals surface area contributed by atoms with Crippen molar-refractivity contribution in [2.24, 2.45) is 29.6 Å². The van der Waals surface area contributed by atoms with Crippen LogP contribution in [0.2, 0.25) is 0 Å². The summed E-state index contributed by atoms with van der Waals surface area (Å²) >= 11 is 0. The molecule has 0 radical (unpaired) electrons. The number of rotatable bonds is 5. The Kier molecular flexibility index (Phi) is 57.3. The first kappa shape index (κ1) is 40.9. The van der Waals surface area contributed by atoms with Crippen molar-refractivity contribution in [3.63, 3.8) is 0 Å². The van der Waals surface area contributed by atoms with Crippen LogP contribution >= 0.6 is 0 Å². The molecule has 0 aromatic carbocycles. The molecule has 0 aromatic heterocycles. The van der Waals surface area contributed by atoms with E-state index in [2.05, 4.69) is 0 Å². The van der Waals surface area contributed by atoms with Gasteiger partial charge in [-0.2, -0.15) is 0 Å². The van der Waals surface area contributed by atoms with Gasteiger partial charge in [0.1, 0.15) is 0 Å². The SMILES string of the molecule is CC(C)CO.CC(C)CO.CC(C)CO.CC(C)CO.CC(C)CO.[Ru]. The minimum Gasteiger partial charge on any atom is -0.396 e. The largest absolute Gasteiger partial charge is 0.396 e. The fourth-order valence-electron chi connectivity index (χ4n) is 0. The summed E-state index contributed by atoms with van der Waals surface area (Å²) in [6.45, 7) is 21.2. The molecule has 0 saturated carbocycles. The maximum Gasteiger partial charge on any atom is 0.0453 e. The normalized spacial score (nSPS) is 9.23. The third kappa shape index (κ3) is 123. The van der Waals surface area contributed by atoms with E-state index >= 15 is 0 Å². The van der Waals surface area contributed by atoms with E-state index in [0.717, 1.165) is 0 Å². The van der Waals surface area contributed by atoms with E-state index in [-0.39, 0.29) is 19.5 Å².